The Kier molecular flexibility index (Phi) is 5.00. The van der Waals surface area contributed by atoms with Crippen LogP contribution in [0.2, 0.25) is 0 Å². The Balaban J connectivity index is 1.12. The van der Waals surface area contributed by atoms with Crippen molar-refractivity contribution in [2.24, 2.45) is 0 Å². The molecular weight excluding hydrogens is 548 g/mol. The molecule has 0 spiro atoms. The maximum Gasteiger partial charge on any atom is 0.152 e. The van der Waals surface area contributed by atoms with E-state index in [9.17, 15) is 0 Å². The van der Waals surface area contributed by atoms with Gasteiger partial charge in [-0.25, -0.2) is 0 Å². The third-order valence-electron chi connectivity index (χ3n) is 9.31. The Morgan fingerprint density at radius 2 is 0.978 bits per heavy atom. The molecular formula is C42H26N2O. The Morgan fingerprint density at radius 1 is 0.378 bits per heavy atom. The molecule has 210 valence electrons. The topological polar surface area (TPSA) is 19.1 Å². The highest BCUT2D eigenvalue weighted by Gasteiger charge is 2.25. The predicted octanol–water partition coefficient (Wildman–Crippen LogP) is 11.3. The summed E-state index contributed by atoms with van der Waals surface area (Å²) in [4.78, 5) is 0. The highest BCUT2D eigenvalue weighted by Crippen LogP contribution is 2.47. The lowest BCUT2D eigenvalue weighted by Crippen LogP contribution is -2.04. The molecule has 1 aliphatic heterocycles. The van der Waals surface area contributed by atoms with E-state index in [1.165, 1.54) is 60.3 Å². The van der Waals surface area contributed by atoms with Gasteiger partial charge in [0, 0.05) is 32.8 Å². The molecule has 7 aromatic carbocycles. The molecule has 0 fully saturated rings. The van der Waals surface area contributed by atoms with Crippen LogP contribution in [0.1, 0.15) is 0 Å². The molecule has 0 atom stereocenters. The molecule has 1 aliphatic rings. The van der Waals surface area contributed by atoms with E-state index in [2.05, 4.69) is 161 Å². The Hall–Kier alpha value is -6.06. The molecule has 10 rings (SSSR count). The number of ether oxygens (including phenoxy) is 1. The molecule has 0 radical (unpaired) electrons. The number of benzene rings is 7. The largest absolute Gasteiger partial charge is 0.453 e. The number of hydrogen-bond donors (Lipinski definition) is 0. The van der Waals surface area contributed by atoms with E-state index in [1.807, 2.05) is 6.07 Å². The van der Waals surface area contributed by atoms with E-state index >= 15 is 0 Å². The zero-order valence-electron chi connectivity index (χ0n) is 24.3. The second-order valence-electron chi connectivity index (χ2n) is 11.8. The average Bonchev–Trinajstić information content (AvgIpc) is 3.63. The summed E-state index contributed by atoms with van der Waals surface area (Å²) in [6.07, 6.45) is 0. The van der Waals surface area contributed by atoms with Gasteiger partial charge in [0.15, 0.2) is 11.5 Å². The minimum atomic E-state index is 0.877. The summed E-state index contributed by atoms with van der Waals surface area (Å²) in [5, 5.41) is 4.98. The first-order valence-corrected chi connectivity index (χ1v) is 15.4. The molecule has 0 amide bonds. The van der Waals surface area contributed by atoms with Crippen LogP contribution in [0.3, 0.4) is 0 Å². The zero-order chi connectivity index (χ0) is 29.5. The standard InChI is InChI=1S/C42H26N2O/c1-3-17-36-32(12-1)33-13-2-4-18-37(33)43(36)30-24-22-27(23-25-30)28-10-7-11-29(26-28)31-14-8-15-34-35-16-9-21-40-42(35)44(41(31)34)38-19-5-6-20-39(38)45-40/h1-26H. The third-order valence-corrected chi connectivity index (χ3v) is 9.31. The van der Waals surface area contributed by atoms with Gasteiger partial charge in [-0.15, -0.1) is 0 Å². The molecule has 45 heavy (non-hydrogen) atoms. The molecule has 0 unspecified atom stereocenters. The van der Waals surface area contributed by atoms with Gasteiger partial charge in [-0.05, 0) is 65.2 Å². The molecule has 3 heteroatoms. The first kappa shape index (κ1) is 24.4. The smallest absolute Gasteiger partial charge is 0.152 e. The molecule has 3 heterocycles. The van der Waals surface area contributed by atoms with Crippen LogP contribution in [0.4, 0.5) is 0 Å². The number of rotatable bonds is 3. The maximum absolute atomic E-state index is 6.36. The van der Waals surface area contributed by atoms with Crippen molar-refractivity contribution in [1.82, 2.24) is 9.13 Å². The van der Waals surface area contributed by atoms with Crippen molar-refractivity contribution in [1.29, 1.82) is 0 Å². The van der Waals surface area contributed by atoms with Crippen molar-refractivity contribution in [3.63, 3.8) is 0 Å². The van der Waals surface area contributed by atoms with Crippen molar-refractivity contribution in [2.45, 2.75) is 0 Å². The van der Waals surface area contributed by atoms with E-state index in [0.717, 1.165) is 28.4 Å². The van der Waals surface area contributed by atoms with Gasteiger partial charge in [0.05, 0.1) is 27.8 Å². The zero-order valence-corrected chi connectivity index (χ0v) is 24.3. The maximum atomic E-state index is 6.36. The van der Waals surface area contributed by atoms with E-state index in [-0.39, 0.29) is 0 Å². The van der Waals surface area contributed by atoms with Gasteiger partial charge in [0.1, 0.15) is 0 Å². The first-order chi connectivity index (χ1) is 22.3. The third kappa shape index (κ3) is 3.46. The van der Waals surface area contributed by atoms with Crippen molar-refractivity contribution in [3.8, 4) is 45.1 Å². The first-order valence-electron chi connectivity index (χ1n) is 15.4. The number of fused-ring (bicyclic) bond motifs is 8. The van der Waals surface area contributed by atoms with Crippen molar-refractivity contribution in [2.75, 3.05) is 0 Å². The minimum Gasteiger partial charge on any atom is -0.453 e. The normalized spacial score (nSPS) is 12.2. The fourth-order valence-corrected chi connectivity index (χ4v) is 7.36. The van der Waals surface area contributed by atoms with Gasteiger partial charge in [-0.3, -0.25) is 0 Å². The lowest BCUT2D eigenvalue weighted by molar-refractivity contribution is 0.476. The highest BCUT2D eigenvalue weighted by molar-refractivity contribution is 6.16. The lowest BCUT2D eigenvalue weighted by Gasteiger charge is -2.21. The molecule has 0 saturated carbocycles. The SMILES string of the molecule is c1cc(-c2ccc(-n3c4ccccc4c4ccccc43)cc2)cc(-c2cccc3c4cccc5c4n(c23)-c2ccccc2O5)c1. The monoisotopic (exact) mass is 574 g/mol. The molecule has 0 aliphatic carbocycles. The summed E-state index contributed by atoms with van der Waals surface area (Å²) < 4.78 is 11.1. The summed E-state index contributed by atoms with van der Waals surface area (Å²) in [6, 6.07) is 56.5. The van der Waals surface area contributed by atoms with Crippen LogP contribution >= 0.6 is 0 Å². The molecule has 3 nitrogen and oxygen atoms in total. The Morgan fingerprint density at radius 3 is 1.78 bits per heavy atom. The molecule has 0 saturated heterocycles. The van der Waals surface area contributed by atoms with Crippen LogP contribution in [0.15, 0.2) is 158 Å². The second kappa shape index (κ2) is 9.22. The van der Waals surface area contributed by atoms with Crippen LogP contribution in [0, 0.1) is 0 Å². The minimum absolute atomic E-state index is 0.877. The molecule has 0 N–H and O–H groups in total. The van der Waals surface area contributed by atoms with Crippen molar-refractivity contribution < 1.29 is 4.74 Å². The number of aromatic nitrogens is 2. The second-order valence-corrected chi connectivity index (χ2v) is 11.8. The summed E-state index contributed by atoms with van der Waals surface area (Å²) in [5.41, 5.74) is 11.8. The summed E-state index contributed by atoms with van der Waals surface area (Å²) in [7, 11) is 0. The highest BCUT2D eigenvalue weighted by atomic mass is 16.5. The van der Waals surface area contributed by atoms with Crippen LogP contribution in [-0.2, 0) is 0 Å². The van der Waals surface area contributed by atoms with E-state index in [1.54, 1.807) is 0 Å². The molecule has 9 aromatic rings. The molecule has 0 bridgehead atoms. The lowest BCUT2D eigenvalue weighted by atomic mass is 9.97. The van der Waals surface area contributed by atoms with Gasteiger partial charge in [-0.2, -0.15) is 0 Å². The van der Waals surface area contributed by atoms with Crippen LogP contribution in [0.25, 0.3) is 77.2 Å². The van der Waals surface area contributed by atoms with Gasteiger partial charge in [0.25, 0.3) is 0 Å². The van der Waals surface area contributed by atoms with Gasteiger partial charge >= 0.3 is 0 Å². The average molecular weight is 575 g/mol. The van der Waals surface area contributed by atoms with Crippen molar-refractivity contribution >= 4 is 43.6 Å². The Labute approximate surface area is 259 Å². The number of nitrogens with zero attached hydrogens (tertiary/aromatic N) is 2. The summed E-state index contributed by atoms with van der Waals surface area (Å²) in [5.74, 6) is 1.77. The Bertz CT molecular complexity index is 2570. The van der Waals surface area contributed by atoms with Gasteiger partial charge in [0.2, 0.25) is 0 Å². The summed E-state index contributed by atoms with van der Waals surface area (Å²) >= 11 is 0. The predicted molar refractivity (Wildman–Crippen MR) is 186 cm³/mol. The van der Waals surface area contributed by atoms with Crippen LogP contribution < -0.4 is 4.74 Å². The van der Waals surface area contributed by atoms with Gasteiger partial charge < -0.3 is 13.9 Å². The number of hydrogen-bond acceptors (Lipinski definition) is 1. The van der Waals surface area contributed by atoms with Crippen LogP contribution in [-0.4, -0.2) is 9.13 Å². The fourth-order valence-electron chi connectivity index (χ4n) is 7.36. The summed E-state index contributed by atoms with van der Waals surface area (Å²) in [6.45, 7) is 0. The fraction of sp³-hybridized carbons (Fsp3) is 0. The van der Waals surface area contributed by atoms with E-state index in [0.29, 0.717) is 0 Å². The van der Waals surface area contributed by atoms with E-state index in [4.69, 9.17) is 4.74 Å². The number of para-hydroxylation sites is 6. The van der Waals surface area contributed by atoms with Crippen molar-refractivity contribution in [3.05, 3.63) is 158 Å². The molecule has 2 aromatic heterocycles. The van der Waals surface area contributed by atoms with Gasteiger partial charge in [-0.1, -0.05) is 109 Å². The van der Waals surface area contributed by atoms with E-state index < -0.39 is 0 Å². The van der Waals surface area contributed by atoms with Crippen LogP contribution in [0.5, 0.6) is 11.5 Å². The quantitative estimate of drug-likeness (QED) is 0.205.